The van der Waals surface area contributed by atoms with E-state index in [4.69, 9.17) is 58.6 Å². The van der Waals surface area contributed by atoms with Crippen LogP contribution in [0.2, 0.25) is 20.1 Å². The Bertz CT molecular complexity index is 1110. The average Bonchev–Trinajstić information content (AvgIpc) is 2.80. The molecule has 0 radical (unpaired) electrons. The highest BCUT2D eigenvalue weighted by Crippen LogP contribution is 2.38. The molecule has 2 aromatic carbocycles. The molecule has 0 N–H and O–H groups in total. The SMILES string of the molecule is CSC1=C(C(C)=O)CCCN1c1ccc(Cl)cc1Cl.S=C1CCCCN1c1ccc(Cl)cc1Cl. The van der Waals surface area contributed by atoms with Crippen molar-refractivity contribution in [2.75, 3.05) is 29.1 Å². The summed E-state index contributed by atoms with van der Waals surface area (Å²) < 4.78 is 0. The maximum Gasteiger partial charge on any atom is 0.158 e. The molecule has 0 aliphatic carbocycles. The number of hydrogen-bond donors (Lipinski definition) is 0. The second-order valence-electron chi connectivity index (χ2n) is 7.99. The van der Waals surface area contributed by atoms with Crippen LogP contribution in [0.5, 0.6) is 0 Å². The molecule has 2 aliphatic heterocycles. The van der Waals surface area contributed by atoms with Crippen molar-refractivity contribution in [3.8, 4) is 0 Å². The van der Waals surface area contributed by atoms with Gasteiger partial charge in [0.15, 0.2) is 5.78 Å². The minimum absolute atomic E-state index is 0.138. The lowest BCUT2D eigenvalue weighted by atomic mass is 10.0. The molecule has 1 fully saturated rings. The van der Waals surface area contributed by atoms with Crippen molar-refractivity contribution in [1.82, 2.24) is 0 Å². The van der Waals surface area contributed by atoms with Crippen molar-refractivity contribution in [1.29, 1.82) is 0 Å². The molecular weight excluding hydrogens is 550 g/mol. The quantitative estimate of drug-likeness (QED) is 0.338. The van der Waals surface area contributed by atoms with E-state index in [1.54, 1.807) is 30.8 Å². The van der Waals surface area contributed by atoms with Gasteiger partial charge in [-0.25, -0.2) is 0 Å². The molecule has 182 valence electrons. The number of anilines is 2. The smallest absolute Gasteiger partial charge is 0.158 e. The first-order valence-corrected chi connectivity index (χ1v) is 14.1. The van der Waals surface area contributed by atoms with Crippen LogP contribution in [0.3, 0.4) is 0 Å². The fourth-order valence-electron chi connectivity index (χ4n) is 4.04. The lowest BCUT2D eigenvalue weighted by Gasteiger charge is -2.32. The maximum absolute atomic E-state index is 11.7. The molecule has 2 heterocycles. The molecule has 0 atom stereocenters. The number of allylic oxidation sites excluding steroid dienone is 1. The van der Waals surface area contributed by atoms with Gasteiger partial charge in [0.05, 0.1) is 31.4 Å². The van der Waals surface area contributed by atoms with Gasteiger partial charge in [0, 0.05) is 28.7 Å². The van der Waals surface area contributed by atoms with Gasteiger partial charge in [-0.1, -0.05) is 58.6 Å². The van der Waals surface area contributed by atoms with E-state index in [0.717, 1.165) is 59.3 Å². The Hall–Kier alpha value is -0.950. The average molecular weight is 576 g/mol. The van der Waals surface area contributed by atoms with Crippen molar-refractivity contribution in [3.05, 3.63) is 67.1 Å². The summed E-state index contributed by atoms with van der Waals surface area (Å²) in [6, 6.07) is 11.0. The van der Waals surface area contributed by atoms with Crippen LogP contribution in [-0.2, 0) is 4.79 Å². The fourth-order valence-corrected chi connectivity index (χ4v) is 6.29. The molecule has 0 saturated carbocycles. The lowest BCUT2D eigenvalue weighted by molar-refractivity contribution is -0.113. The van der Waals surface area contributed by atoms with Gasteiger partial charge in [0.25, 0.3) is 0 Å². The molecule has 0 bridgehead atoms. The summed E-state index contributed by atoms with van der Waals surface area (Å²) in [5, 5.41) is 3.57. The van der Waals surface area contributed by atoms with Gasteiger partial charge in [-0.2, -0.15) is 0 Å². The standard InChI is InChI=1S/C14H15Cl2NOS.C11H11Cl2NS/c1-9(18)11-4-3-7-17(14(11)19-2)13-6-5-10(15)8-12(13)16;12-8-4-5-10(9(13)7-8)14-6-2-1-3-11(14)15/h5-6,8H,3-4,7H2,1-2H3;4-5,7H,1-3,6H2. The summed E-state index contributed by atoms with van der Waals surface area (Å²) in [5.41, 5.74) is 2.78. The van der Waals surface area contributed by atoms with Crippen LogP contribution in [0.4, 0.5) is 11.4 Å². The van der Waals surface area contributed by atoms with E-state index in [0.29, 0.717) is 20.1 Å². The monoisotopic (exact) mass is 574 g/mol. The zero-order valence-corrected chi connectivity index (χ0v) is 23.7. The molecule has 0 unspecified atom stereocenters. The molecular formula is C25H26Cl4N2OS2. The van der Waals surface area contributed by atoms with Gasteiger partial charge in [-0.05, 0) is 81.7 Å². The van der Waals surface area contributed by atoms with Gasteiger partial charge in [0.2, 0.25) is 0 Å². The highest BCUT2D eigenvalue weighted by molar-refractivity contribution is 8.02. The van der Waals surface area contributed by atoms with Gasteiger partial charge in [-0.15, -0.1) is 11.8 Å². The van der Waals surface area contributed by atoms with Gasteiger partial charge in [-0.3, -0.25) is 4.79 Å². The summed E-state index contributed by atoms with van der Waals surface area (Å²) in [6.07, 6.45) is 7.11. The first kappa shape index (κ1) is 27.6. The number of rotatable bonds is 4. The van der Waals surface area contributed by atoms with Crippen LogP contribution >= 0.6 is 70.4 Å². The summed E-state index contributed by atoms with van der Waals surface area (Å²) in [4.78, 5) is 16.9. The predicted octanol–water partition coefficient (Wildman–Crippen LogP) is 9.07. The van der Waals surface area contributed by atoms with E-state index in [2.05, 4.69) is 9.80 Å². The van der Waals surface area contributed by atoms with E-state index in [-0.39, 0.29) is 5.78 Å². The number of nitrogens with zero attached hydrogens (tertiary/aromatic N) is 2. The number of benzene rings is 2. The van der Waals surface area contributed by atoms with Crippen LogP contribution in [0.25, 0.3) is 0 Å². The number of hydrogen-bond acceptors (Lipinski definition) is 4. The van der Waals surface area contributed by atoms with Gasteiger partial charge in [0.1, 0.15) is 0 Å². The molecule has 2 aromatic rings. The largest absolute Gasteiger partial charge is 0.335 e. The second-order valence-corrected chi connectivity index (χ2v) is 10.9. The van der Waals surface area contributed by atoms with Crippen molar-refractivity contribution in [2.24, 2.45) is 0 Å². The van der Waals surface area contributed by atoms with Crippen LogP contribution in [0.1, 0.15) is 39.0 Å². The lowest BCUT2D eigenvalue weighted by Crippen LogP contribution is -2.34. The van der Waals surface area contributed by atoms with Crippen molar-refractivity contribution < 1.29 is 4.79 Å². The molecule has 9 heteroatoms. The Balaban J connectivity index is 0.000000196. The maximum atomic E-state index is 11.7. The van der Waals surface area contributed by atoms with E-state index in [1.807, 2.05) is 30.5 Å². The zero-order valence-electron chi connectivity index (χ0n) is 19.0. The third-order valence-corrected chi connectivity index (χ3v) is 8.01. The van der Waals surface area contributed by atoms with Crippen molar-refractivity contribution in [3.63, 3.8) is 0 Å². The fraction of sp³-hybridized carbons (Fsp3) is 0.360. The summed E-state index contributed by atoms with van der Waals surface area (Å²) in [7, 11) is 0. The first-order chi connectivity index (χ1) is 16.2. The number of piperidine rings is 1. The Morgan fingerprint density at radius 1 is 0.853 bits per heavy atom. The molecule has 2 aliphatic rings. The molecule has 0 aromatic heterocycles. The molecule has 0 amide bonds. The number of carbonyl (C=O) groups excluding carboxylic acids is 1. The van der Waals surface area contributed by atoms with Crippen LogP contribution in [0, 0.1) is 0 Å². The molecule has 1 saturated heterocycles. The van der Waals surface area contributed by atoms with Crippen molar-refractivity contribution >= 4 is 92.5 Å². The number of ketones is 1. The van der Waals surface area contributed by atoms with Crippen LogP contribution < -0.4 is 9.80 Å². The van der Waals surface area contributed by atoms with E-state index >= 15 is 0 Å². The molecule has 4 rings (SSSR count). The number of halogens is 4. The Labute approximate surface area is 231 Å². The Morgan fingerprint density at radius 3 is 1.91 bits per heavy atom. The highest BCUT2D eigenvalue weighted by Gasteiger charge is 2.24. The minimum Gasteiger partial charge on any atom is -0.335 e. The second kappa shape index (κ2) is 12.8. The normalized spacial score (nSPS) is 16.4. The van der Waals surface area contributed by atoms with Crippen molar-refractivity contribution in [2.45, 2.75) is 39.0 Å². The summed E-state index contributed by atoms with van der Waals surface area (Å²) >= 11 is 31.1. The van der Waals surface area contributed by atoms with Gasteiger partial charge < -0.3 is 9.80 Å². The summed E-state index contributed by atoms with van der Waals surface area (Å²) in [5.74, 6) is 0.138. The minimum atomic E-state index is 0.138. The van der Waals surface area contributed by atoms with Crippen LogP contribution in [0.15, 0.2) is 47.0 Å². The van der Waals surface area contributed by atoms with Gasteiger partial charge >= 0.3 is 0 Å². The number of thiocarbonyl (C=S) groups is 1. The highest BCUT2D eigenvalue weighted by atomic mass is 35.5. The number of carbonyl (C=O) groups is 1. The predicted molar refractivity (Wildman–Crippen MR) is 155 cm³/mol. The first-order valence-electron chi connectivity index (χ1n) is 11.0. The third kappa shape index (κ3) is 6.83. The Morgan fingerprint density at radius 2 is 1.41 bits per heavy atom. The molecule has 0 spiro atoms. The van der Waals surface area contributed by atoms with E-state index < -0.39 is 0 Å². The molecule has 34 heavy (non-hydrogen) atoms. The topological polar surface area (TPSA) is 23.6 Å². The third-order valence-electron chi connectivity index (χ3n) is 5.65. The van der Waals surface area contributed by atoms with E-state index in [9.17, 15) is 4.79 Å². The van der Waals surface area contributed by atoms with E-state index in [1.165, 1.54) is 12.8 Å². The van der Waals surface area contributed by atoms with Crippen LogP contribution in [-0.4, -0.2) is 30.1 Å². The number of Topliss-reactive ketones (excluding diaryl/α,β-unsaturated/α-hetero) is 1. The molecule has 3 nitrogen and oxygen atoms in total. The summed E-state index contributed by atoms with van der Waals surface area (Å²) in [6.45, 7) is 3.45. The zero-order chi connectivity index (χ0) is 24.8. The Kier molecular flexibility index (Phi) is 10.4. The number of thioether (sulfide) groups is 1.